The van der Waals surface area contributed by atoms with Gasteiger partial charge in [-0.2, -0.15) is 0 Å². The molecule has 2 rings (SSSR count). The molecule has 0 radical (unpaired) electrons. The number of unbranched alkanes of at least 4 members (excludes halogenated alkanes) is 38. The Kier molecular flexibility index (Phi) is 51.1. The van der Waals surface area contributed by atoms with Crippen molar-refractivity contribution < 1.29 is 64.6 Å². The summed E-state index contributed by atoms with van der Waals surface area (Å²) in [6, 6.07) is -0.938. The number of nitrogens with one attached hydrogen (secondary N) is 1. The van der Waals surface area contributed by atoms with Crippen molar-refractivity contribution in [3.05, 3.63) is 48.6 Å². The van der Waals surface area contributed by atoms with Crippen LogP contribution in [0.3, 0.4) is 0 Å². The van der Waals surface area contributed by atoms with E-state index in [9.17, 15) is 45.6 Å². The van der Waals surface area contributed by atoms with Crippen molar-refractivity contribution in [1.82, 2.24) is 5.32 Å². The molecular formula is C70H129NO13. The molecule has 0 aromatic carbocycles. The van der Waals surface area contributed by atoms with Crippen LogP contribution < -0.4 is 5.32 Å². The van der Waals surface area contributed by atoms with Crippen molar-refractivity contribution in [2.75, 3.05) is 19.8 Å². The molecule has 0 spiro atoms. The lowest BCUT2D eigenvalue weighted by atomic mass is 9.97. The van der Waals surface area contributed by atoms with Gasteiger partial charge < -0.3 is 65.1 Å². The topological polar surface area (TPSA) is 228 Å². The molecular weight excluding hydrogens is 1060 g/mol. The number of hydrogen-bond donors (Lipinski definition) is 9. The molecule has 2 fully saturated rings. The molecule has 14 heteroatoms. The van der Waals surface area contributed by atoms with Crippen LogP contribution >= 0.6 is 0 Å². The minimum absolute atomic E-state index is 0.249. The second-order valence-corrected chi connectivity index (χ2v) is 24.6. The van der Waals surface area contributed by atoms with E-state index in [1.54, 1.807) is 6.08 Å². The van der Waals surface area contributed by atoms with Gasteiger partial charge in [-0.25, -0.2) is 0 Å². The predicted molar refractivity (Wildman–Crippen MR) is 341 cm³/mol. The van der Waals surface area contributed by atoms with Crippen molar-refractivity contribution in [3.8, 4) is 0 Å². The molecule has 2 aliphatic rings. The number of carbonyl (C=O) groups excluding carboxylic acids is 1. The van der Waals surface area contributed by atoms with Crippen LogP contribution in [0.4, 0.5) is 0 Å². The highest BCUT2D eigenvalue weighted by Crippen LogP contribution is 2.30. The van der Waals surface area contributed by atoms with E-state index in [0.717, 1.165) is 44.9 Å². The summed E-state index contributed by atoms with van der Waals surface area (Å²) in [5, 5.41) is 87.3. The smallest absolute Gasteiger partial charge is 0.220 e. The van der Waals surface area contributed by atoms with Crippen molar-refractivity contribution >= 4 is 5.91 Å². The summed E-state index contributed by atoms with van der Waals surface area (Å²) in [6.45, 7) is 2.81. The first-order valence-electron chi connectivity index (χ1n) is 34.9. The second kappa shape index (κ2) is 55.1. The lowest BCUT2D eigenvalue weighted by Gasteiger charge is -2.46. The third-order valence-corrected chi connectivity index (χ3v) is 17.0. The normalized spacial score (nSPS) is 23.9. The third-order valence-electron chi connectivity index (χ3n) is 17.0. The fraction of sp³-hybridized carbons (Fsp3) is 0.871. The number of amides is 1. The highest BCUT2D eigenvalue weighted by molar-refractivity contribution is 5.76. The molecule has 9 N–H and O–H groups in total. The Labute approximate surface area is 512 Å². The molecule has 1 amide bonds. The lowest BCUT2D eigenvalue weighted by molar-refractivity contribution is -0.359. The van der Waals surface area contributed by atoms with Gasteiger partial charge in [0.1, 0.15) is 48.8 Å². The Bertz CT molecular complexity index is 1590. The Balaban J connectivity index is 1.69. The summed E-state index contributed by atoms with van der Waals surface area (Å²) in [5.74, 6) is -0.249. The lowest BCUT2D eigenvalue weighted by Crippen LogP contribution is -2.65. The summed E-state index contributed by atoms with van der Waals surface area (Å²) >= 11 is 0. The Morgan fingerprint density at radius 1 is 0.417 bits per heavy atom. The van der Waals surface area contributed by atoms with Crippen molar-refractivity contribution in [2.45, 2.75) is 370 Å². The maximum Gasteiger partial charge on any atom is 0.220 e. The van der Waals surface area contributed by atoms with Crippen LogP contribution in [0.15, 0.2) is 48.6 Å². The van der Waals surface area contributed by atoms with E-state index in [-0.39, 0.29) is 18.9 Å². The standard InChI is InChI=1S/C70H129NO13/c1-3-5-7-9-11-13-15-17-19-21-23-25-26-27-28-29-30-31-32-34-36-38-40-42-44-46-48-50-52-54-62(75)71-58(59(74)53-51-49-47-45-43-41-39-37-35-33-24-22-20-18-16-14-12-10-8-6-4-2)57-81-69-67(80)65(78)68(61(56-73)83-69)84-70-66(79)64(77)63(76)60(55-72)82-70/h21,23,35,37,43,45,51,53,58-61,63-70,72-74,76-80H,3-20,22,24-34,36,38-42,44,46-50,52,54-57H2,1-2H3,(H,71,75)/b23-21-,37-35+,45-43+,53-51+. The van der Waals surface area contributed by atoms with Gasteiger partial charge in [0.25, 0.3) is 0 Å². The average Bonchev–Trinajstić information content (AvgIpc) is 3.24. The molecule has 12 unspecified atom stereocenters. The van der Waals surface area contributed by atoms with Crippen LogP contribution in [-0.4, -0.2) is 140 Å². The summed E-state index contributed by atoms with van der Waals surface area (Å²) in [6.07, 6.45) is 54.6. The summed E-state index contributed by atoms with van der Waals surface area (Å²) in [4.78, 5) is 13.3. The van der Waals surface area contributed by atoms with Gasteiger partial charge in [0.05, 0.1) is 32.0 Å². The zero-order chi connectivity index (χ0) is 60.9. The summed E-state index contributed by atoms with van der Waals surface area (Å²) < 4.78 is 22.8. The van der Waals surface area contributed by atoms with Crippen molar-refractivity contribution in [2.24, 2.45) is 0 Å². The number of aliphatic hydroxyl groups is 8. The van der Waals surface area contributed by atoms with Gasteiger partial charge in [0, 0.05) is 6.42 Å². The molecule has 492 valence electrons. The minimum atomic E-state index is -1.79. The van der Waals surface area contributed by atoms with Gasteiger partial charge in [-0.1, -0.05) is 268 Å². The molecule has 14 nitrogen and oxygen atoms in total. The number of allylic oxidation sites excluding steroid dienone is 7. The predicted octanol–water partition coefficient (Wildman–Crippen LogP) is 13.9. The maximum absolute atomic E-state index is 13.3. The fourth-order valence-corrected chi connectivity index (χ4v) is 11.4. The highest BCUT2D eigenvalue weighted by atomic mass is 16.7. The Morgan fingerprint density at radius 2 is 0.762 bits per heavy atom. The first kappa shape index (κ1) is 78.0. The van der Waals surface area contributed by atoms with E-state index < -0.39 is 86.8 Å². The molecule has 0 bridgehead atoms. The molecule has 12 atom stereocenters. The van der Waals surface area contributed by atoms with Gasteiger partial charge >= 0.3 is 0 Å². The van der Waals surface area contributed by atoms with Gasteiger partial charge in [0.2, 0.25) is 5.91 Å². The van der Waals surface area contributed by atoms with Crippen LogP contribution in [0.2, 0.25) is 0 Å². The monoisotopic (exact) mass is 1190 g/mol. The third kappa shape index (κ3) is 39.1. The maximum atomic E-state index is 13.3. The summed E-state index contributed by atoms with van der Waals surface area (Å²) in [7, 11) is 0. The SMILES string of the molecule is CCCCCCCCCC/C=C\CCCCCCCCCCCCCCCCCCCC(=O)NC(COC1OC(CO)C(OC2OC(CO)C(O)C(O)C2O)C(O)C1O)C(O)/C=C/CC/C=C/CC/C=C/CCCCCCCCCCCCC. The van der Waals surface area contributed by atoms with E-state index in [1.165, 1.54) is 218 Å². The van der Waals surface area contributed by atoms with E-state index >= 15 is 0 Å². The second-order valence-electron chi connectivity index (χ2n) is 24.6. The van der Waals surface area contributed by atoms with E-state index in [2.05, 4.69) is 55.6 Å². The fourth-order valence-electron chi connectivity index (χ4n) is 11.4. The van der Waals surface area contributed by atoms with E-state index in [1.807, 2.05) is 6.08 Å². The Hall–Kier alpha value is -2.05. The molecule has 0 aliphatic carbocycles. The molecule has 84 heavy (non-hydrogen) atoms. The zero-order valence-corrected chi connectivity index (χ0v) is 53.4. The quantitative estimate of drug-likeness (QED) is 0.0204. The van der Waals surface area contributed by atoms with Crippen LogP contribution in [0.1, 0.15) is 296 Å². The molecule has 2 heterocycles. The van der Waals surface area contributed by atoms with Crippen LogP contribution in [-0.2, 0) is 23.7 Å². The Morgan fingerprint density at radius 3 is 1.17 bits per heavy atom. The number of hydrogen-bond acceptors (Lipinski definition) is 13. The van der Waals surface area contributed by atoms with E-state index in [4.69, 9.17) is 18.9 Å². The molecule has 2 saturated heterocycles. The van der Waals surface area contributed by atoms with Crippen LogP contribution in [0.25, 0.3) is 0 Å². The van der Waals surface area contributed by atoms with Gasteiger partial charge in [-0.3, -0.25) is 4.79 Å². The number of carbonyl (C=O) groups is 1. The molecule has 0 aromatic heterocycles. The minimum Gasteiger partial charge on any atom is -0.394 e. The largest absolute Gasteiger partial charge is 0.394 e. The van der Waals surface area contributed by atoms with Crippen LogP contribution in [0.5, 0.6) is 0 Å². The highest BCUT2D eigenvalue weighted by Gasteiger charge is 2.51. The first-order valence-corrected chi connectivity index (χ1v) is 34.9. The van der Waals surface area contributed by atoms with Crippen LogP contribution in [0, 0.1) is 0 Å². The van der Waals surface area contributed by atoms with Crippen molar-refractivity contribution in [1.29, 1.82) is 0 Å². The summed E-state index contributed by atoms with van der Waals surface area (Å²) in [5.41, 5.74) is 0. The van der Waals surface area contributed by atoms with Crippen molar-refractivity contribution in [3.63, 3.8) is 0 Å². The number of aliphatic hydroxyl groups excluding tert-OH is 8. The molecule has 0 saturated carbocycles. The molecule has 0 aromatic rings. The number of ether oxygens (including phenoxy) is 4. The van der Waals surface area contributed by atoms with E-state index in [0.29, 0.717) is 12.8 Å². The number of rotatable bonds is 57. The molecule has 2 aliphatic heterocycles. The van der Waals surface area contributed by atoms with Gasteiger partial charge in [-0.15, -0.1) is 0 Å². The average molecular weight is 1190 g/mol. The van der Waals surface area contributed by atoms with Gasteiger partial charge in [-0.05, 0) is 70.6 Å². The first-order chi connectivity index (χ1) is 41.1. The van der Waals surface area contributed by atoms with Gasteiger partial charge in [0.15, 0.2) is 12.6 Å². The zero-order valence-electron chi connectivity index (χ0n) is 53.4.